The van der Waals surface area contributed by atoms with Crippen LogP contribution in [0.1, 0.15) is 20.8 Å². The van der Waals surface area contributed by atoms with E-state index in [1.807, 2.05) is 0 Å². The number of ether oxygens (including phenoxy) is 1. The van der Waals surface area contributed by atoms with Crippen molar-refractivity contribution in [2.24, 2.45) is 0 Å². The number of nitrogens with one attached hydrogen (secondary N) is 1. The average Bonchev–Trinajstić information content (AvgIpc) is 2.34. The molecular weight excluding hydrogens is 214 g/mol. The molecule has 17 heavy (non-hydrogen) atoms. The lowest BCUT2D eigenvalue weighted by atomic mass is 10.1. The van der Waals surface area contributed by atoms with E-state index in [9.17, 15) is 0 Å². The molecule has 0 radical (unpaired) electrons. The normalized spacial score (nSPS) is 37.2. The van der Waals surface area contributed by atoms with Gasteiger partial charge < -0.3 is 10.1 Å². The molecule has 0 aromatic rings. The first-order valence-electron chi connectivity index (χ1n) is 7.01. The lowest BCUT2D eigenvalue weighted by Crippen LogP contribution is -2.58. The van der Waals surface area contributed by atoms with Crippen LogP contribution >= 0.6 is 0 Å². The highest BCUT2D eigenvalue weighted by Gasteiger charge is 2.29. The standard InChI is InChI=1S/C13H27N3O/c1-4-15-5-6-17-13(9-15)10-16-11(2)7-14-8-12(16)3/h11-14H,4-10H2,1-3H3. The van der Waals surface area contributed by atoms with Crippen LogP contribution in [0.25, 0.3) is 0 Å². The first-order valence-corrected chi connectivity index (χ1v) is 7.01. The van der Waals surface area contributed by atoms with Gasteiger partial charge in [-0.3, -0.25) is 9.80 Å². The number of hydrogen-bond donors (Lipinski definition) is 1. The Morgan fingerprint density at radius 1 is 1.24 bits per heavy atom. The molecule has 0 aromatic heterocycles. The van der Waals surface area contributed by atoms with E-state index in [-0.39, 0.29) is 0 Å². The van der Waals surface area contributed by atoms with E-state index >= 15 is 0 Å². The number of likely N-dealkylation sites (N-methyl/N-ethyl adjacent to an activating group) is 1. The summed E-state index contributed by atoms with van der Waals surface area (Å²) < 4.78 is 5.91. The predicted molar refractivity (Wildman–Crippen MR) is 70.4 cm³/mol. The highest BCUT2D eigenvalue weighted by atomic mass is 16.5. The molecule has 100 valence electrons. The molecule has 1 N–H and O–H groups in total. The second-order valence-electron chi connectivity index (χ2n) is 5.44. The molecule has 2 saturated heterocycles. The van der Waals surface area contributed by atoms with Crippen LogP contribution in [0.4, 0.5) is 0 Å². The maximum absolute atomic E-state index is 5.91. The first kappa shape index (κ1) is 13.3. The van der Waals surface area contributed by atoms with Gasteiger partial charge in [-0.2, -0.15) is 0 Å². The molecule has 0 spiro atoms. The fourth-order valence-corrected chi connectivity index (χ4v) is 2.94. The molecule has 2 aliphatic rings. The summed E-state index contributed by atoms with van der Waals surface area (Å²) in [7, 11) is 0. The smallest absolute Gasteiger partial charge is 0.0829 e. The average molecular weight is 241 g/mol. The van der Waals surface area contributed by atoms with Gasteiger partial charge >= 0.3 is 0 Å². The van der Waals surface area contributed by atoms with Gasteiger partial charge in [0, 0.05) is 44.8 Å². The molecule has 2 rings (SSSR count). The maximum Gasteiger partial charge on any atom is 0.0829 e. The Bertz CT molecular complexity index is 227. The van der Waals surface area contributed by atoms with Gasteiger partial charge in [-0.05, 0) is 20.4 Å². The van der Waals surface area contributed by atoms with Crippen LogP contribution < -0.4 is 5.32 Å². The van der Waals surface area contributed by atoms with Crippen molar-refractivity contribution in [3.05, 3.63) is 0 Å². The second kappa shape index (κ2) is 6.14. The van der Waals surface area contributed by atoms with Crippen molar-refractivity contribution in [1.82, 2.24) is 15.1 Å². The fraction of sp³-hybridized carbons (Fsp3) is 1.00. The van der Waals surface area contributed by atoms with E-state index < -0.39 is 0 Å². The number of hydrogen-bond acceptors (Lipinski definition) is 4. The highest BCUT2D eigenvalue weighted by molar-refractivity contribution is 4.85. The van der Waals surface area contributed by atoms with E-state index in [0.717, 1.165) is 45.9 Å². The summed E-state index contributed by atoms with van der Waals surface area (Å²) in [5, 5.41) is 3.48. The summed E-state index contributed by atoms with van der Waals surface area (Å²) in [4.78, 5) is 5.09. The molecule has 2 aliphatic heterocycles. The molecular formula is C13H27N3O. The van der Waals surface area contributed by atoms with Gasteiger partial charge in [-0.1, -0.05) is 6.92 Å². The maximum atomic E-state index is 5.91. The zero-order valence-corrected chi connectivity index (χ0v) is 11.5. The Morgan fingerprint density at radius 3 is 2.59 bits per heavy atom. The van der Waals surface area contributed by atoms with Crippen LogP contribution in [0, 0.1) is 0 Å². The van der Waals surface area contributed by atoms with E-state index in [0.29, 0.717) is 18.2 Å². The lowest BCUT2D eigenvalue weighted by Gasteiger charge is -2.43. The molecule has 2 fully saturated rings. The minimum absolute atomic E-state index is 0.395. The monoisotopic (exact) mass is 241 g/mol. The van der Waals surface area contributed by atoms with Crippen molar-refractivity contribution in [2.75, 3.05) is 45.9 Å². The Kier molecular flexibility index (Phi) is 4.79. The van der Waals surface area contributed by atoms with E-state index in [1.54, 1.807) is 0 Å². The number of nitrogens with zero attached hydrogens (tertiary/aromatic N) is 2. The zero-order valence-electron chi connectivity index (χ0n) is 11.5. The second-order valence-corrected chi connectivity index (χ2v) is 5.44. The molecule has 4 nitrogen and oxygen atoms in total. The Balaban J connectivity index is 1.86. The van der Waals surface area contributed by atoms with E-state index in [1.165, 1.54) is 0 Å². The van der Waals surface area contributed by atoms with Crippen LogP contribution in [-0.2, 0) is 4.74 Å². The van der Waals surface area contributed by atoms with Crippen LogP contribution in [0.5, 0.6) is 0 Å². The first-order chi connectivity index (χ1) is 8.20. The van der Waals surface area contributed by atoms with Gasteiger partial charge in [0.15, 0.2) is 0 Å². The molecule has 2 heterocycles. The van der Waals surface area contributed by atoms with Crippen molar-refractivity contribution in [3.8, 4) is 0 Å². The molecule has 3 atom stereocenters. The summed E-state index contributed by atoms with van der Waals surface area (Å²) in [5.41, 5.74) is 0. The lowest BCUT2D eigenvalue weighted by molar-refractivity contribution is -0.0553. The minimum Gasteiger partial charge on any atom is -0.374 e. The van der Waals surface area contributed by atoms with Crippen LogP contribution in [0.2, 0.25) is 0 Å². The Hall–Kier alpha value is -0.160. The van der Waals surface area contributed by atoms with Crippen molar-refractivity contribution in [3.63, 3.8) is 0 Å². The van der Waals surface area contributed by atoms with Crippen LogP contribution in [0.3, 0.4) is 0 Å². The van der Waals surface area contributed by atoms with Gasteiger partial charge in [-0.15, -0.1) is 0 Å². The molecule has 3 unspecified atom stereocenters. The summed E-state index contributed by atoms with van der Waals surface area (Å²) in [6, 6.07) is 1.25. The molecule has 4 heteroatoms. The third-order valence-corrected chi connectivity index (χ3v) is 4.10. The van der Waals surface area contributed by atoms with Crippen molar-refractivity contribution < 1.29 is 4.74 Å². The molecule has 0 amide bonds. The molecule has 0 bridgehead atoms. The third-order valence-electron chi connectivity index (χ3n) is 4.10. The quantitative estimate of drug-likeness (QED) is 0.773. The SMILES string of the molecule is CCN1CCOC(CN2C(C)CNCC2C)C1. The number of piperazine rings is 1. The van der Waals surface area contributed by atoms with Gasteiger partial charge in [0.2, 0.25) is 0 Å². The van der Waals surface area contributed by atoms with Gasteiger partial charge in [0.1, 0.15) is 0 Å². The van der Waals surface area contributed by atoms with Crippen molar-refractivity contribution >= 4 is 0 Å². The summed E-state index contributed by atoms with van der Waals surface area (Å²) in [6.07, 6.45) is 0.395. The van der Waals surface area contributed by atoms with Gasteiger partial charge in [-0.25, -0.2) is 0 Å². The largest absolute Gasteiger partial charge is 0.374 e. The zero-order chi connectivity index (χ0) is 12.3. The highest BCUT2D eigenvalue weighted by Crippen LogP contribution is 2.14. The van der Waals surface area contributed by atoms with Crippen molar-refractivity contribution in [1.29, 1.82) is 0 Å². The Labute approximate surface area is 105 Å². The summed E-state index contributed by atoms with van der Waals surface area (Å²) in [5.74, 6) is 0. The summed E-state index contributed by atoms with van der Waals surface area (Å²) in [6.45, 7) is 14.4. The van der Waals surface area contributed by atoms with Crippen molar-refractivity contribution in [2.45, 2.75) is 39.0 Å². The Morgan fingerprint density at radius 2 is 1.94 bits per heavy atom. The fourth-order valence-electron chi connectivity index (χ4n) is 2.94. The number of rotatable bonds is 3. The van der Waals surface area contributed by atoms with E-state index in [4.69, 9.17) is 4.74 Å². The van der Waals surface area contributed by atoms with Gasteiger partial charge in [0.05, 0.1) is 12.7 Å². The number of morpholine rings is 1. The van der Waals surface area contributed by atoms with Crippen LogP contribution in [0.15, 0.2) is 0 Å². The van der Waals surface area contributed by atoms with E-state index in [2.05, 4.69) is 35.9 Å². The molecule has 0 aliphatic carbocycles. The molecule has 0 saturated carbocycles. The minimum atomic E-state index is 0.395. The third kappa shape index (κ3) is 3.41. The predicted octanol–water partition coefficient (Wildman–Crippen LogP) is 0.389. The van der Waals surface area contributed by atoms with Crippen LogP contribution in [-0.4, -0.2) is 73.9 Å². The molecule has 0 aromatic carbocycles. The summed E-state index contributed by atoms with van der Waals surface area (Å²) >= 11 is 0. The topological polar surface area (TPSA) is 27.7 Å². The van der Waals surface area contributed by atoms with Gasteiger partial charge in [0.25, 0.3) is 0 Å².